The van der Waals surface area contributed by atoms with Crippen LogP contribution in [-0.2, 0) is 11.2 Å². The van der Waals surface area contributed by atoms with Crippen LogP contribution in [0.25, 0.3) is 0 Å². The lowest BCUT2D eigenvalue weighted by Crippen LogP contribution is -2.38. The molecule has 0 saturated heterocycles. The molecule has 0 heterocycles. The second-order valence-corrected chi connectivity index (χ2v) is 8.29. The molecule has 2 rings (SSSR count). The molecule has 1 N–H and O–H groups in total. The van der Waals surface area contributed by atoms with Gasteiger partial charge < -0.3 is 5.32 Å². The molecule has 4 heteroatoms. The lowest BCUT2D eigenvalue weighted by molar-refractivity contribution is -0.129. The first kappa shape index (κ1) is 21.2. The summed E-state index contributed by atoms with van der Waals surface area (Å²) in [5.41, 5.74) is 1.27. The summed E-state index contributed by atoms with van der Waals surface area (Å²) < 4.78 is 0. The van der Waals surface area contributed by atoms with E-state index in [1.807, 2.05) is 62.6 Å². The summed E-state index contributed by atoms with van der Waals surface area (Å²) in [7, 11) is 0. The Kier molecular flexibility index (Phi) is 8.11. The third-order valence-electron chi connectivity index (χ3n) is 4.65. The van der Waals surface area contributed by atoms with Gasteiger partial charge in [0.15, 0.2) is 5.78 Å². The van der Waals surface area contributed by atoms with Crippen LogP contribution in [0, 0.1) is 5.41 Å². The van der Waals surface area contributed by atoms with Gasteiger partial charge in [-0.1, -0.05) is 56.3 Å². The number of hydrogen-bond donors (Lipinski definition) is 1. The number of carbonyl (C=O) groups excluding carboxylic acids is 2. The van der Waals surface area contributed by atoms with Crippen LogP contribution in [0.15, 0.2) is 59.5 Å². The normalized spacial score (nSPS) is 11.2. The van der Waals surface area contributed by atoms with E-state index in [-0.39, 0.29) is 18.1 Å². The molecule has 2 aromatic rings. The van der Waals surface area contributed by atoms with Gasteiger partial charge in [0.05, 0.1) is 5.41 Å². The van der Waals surface area contributed by atoms with Crippen molar-refractivity contribution in [3.05, 3.63) is 65.7 Å². The molecule has 0 fully saturated rings. The predicted octanol–water partition coefficient (Wildman–Crippen LogP) is 5.15. The van der Waals surface area contributed by atoms with Crippen molar-refractivity contribution in [3.63, 3.8) is 0 Å². The molecule has 27 heavy (non-hydrogen) atoms. The Bertz CT molecular complexity index is 739. The van der Waals surface area contributed by atoms with Crippen molar-refractivity contribution >= 4 is 23.5 Å². The molecule has 0 bridgehead atoms. The van der Waals surface area contributed by atoms with Crippen LogP contribution >= 0.6 is 11.8 Å². The number of carbonyl (C=O) groups is 2. The van der Waals surface area contributed by atoms with Gasteiger partial charge in [0.25, 0.3) is 0 Å². The number of benzene rings is 2. The van der Waals surface area contributed by atoms with E-state index in [1.165, 1.54) is 5.56 Å². The number of amides is 1. The highest BCUT2D eigenvalue weighted by atomic mass is 32.2. The highest BCUT2D eigenvalue weighted by Crippen LogP contribution is 2.24. The fraction of sp³-hybridized carbons (Fsp3) is 0.391. The maximum atomic E-state index is 12.5. The topological polar surface area (TPSA) is 46.2 Å². The van der Waals surface area contributed by atoms with Crippen molar-refractivity contribution in [1.29, 1.82) is 0 Å². The zero-order valence-corrected chi connectivity index (χ0v) is 17.3. The molecule has 0 aliphatic heterocycles. The van der Waals surface area contributed by atoms with Gasteiger partial charge in [-0.05, 0) is 43.2 Å². The Morgan fingerprint density at radius 2 is 1.63 bits per heavy atom. The highest BCUT2D eigenvalue weighted by Gasteiger charge is 2.30. The van der Waals surface area contributed by atoms with Gasteiger partial charge in [-0.25, -0.2) is 0 Å². The number of unbranched alkanes of at least 4 members (excludes halogenated alkanes) is 1. The second-order valence-electron chi connectivity index (χ2n) is 7.41. The molecule has 0 spiro atoms. The predicted molar refractivity (Wildman–Crippen MR) is 113 cm³/mol. The number of hydrogen-bond acceptors (Lipinski definition) is 3. The van der Waals surface area contributed by atoms with Gasteiger partial charge in [0.1, 0.15) is 0 Å². The van der Waals surface area contributed by atoms with Crippen molar-refractivity contribution in [2.24, 2.45) is 5.41 Å². The summed E-state index contributed by atoms with van der Waals surface area (Å²) in [5, 5.41) is 2.99. The minimum absolute atomic E-state index is 0.00637. The zero-order chi connectivity index (χ0) is 19.7. The van der Waals surface area contributed by atoms with Gasteiger partial charge >= 0.3 is 0 Å². The largest absolute Gasteiger partial charge is 0.356 e. The van der Waals surface area contributed by atoms with Crippen molar-refractivity contribution in [1.82, 2.24) is 5.32 Å². The Morgan fingerprint density at radius 3 is 2.26 bits per heavy atom. The minimum atomic E-state index is -0.714. The molecule has 0 unspecified atom stereocenters. The molecule has 0 aromatic heterocycles. The molecular weight excluding hydrogens is 354 g/mol. The monoisotopic (exact) mass is 383 g/mol. The quantitative estimate of drug-likeness (QED) is 0.351. The van der Waals surface area contributed by atoms with Crippen LogP contribution in [-0.4, -0.2) is 24.5 Å². The molecule has 1 amide bonds. The third kappa shape index (κ3) is 6.87. The average molecular weight is 384 g/mol. The highest BCUT2D eigenvalue weighted by molar-refractivity contribution is 7.98. The molecule has 144 valence electrons. The van der Waals surface area contributed by atoms with E-state index in [9.17, 15) is 9.59 Å². The Balaban J connectivity index is 1.75. The van der Waals surface area contributed by atoms with E-state index in [2.05, 4.69) is 17.4 Å². The Morgan fingerprint density at radius 1 is 0.963 bits per heavy atom. The molecule has 0 aliphatic carbocycles. The first-order valence-electron chi connectivity index (χ1n) is 9.42. The number of rotatable bonds is 10. The van der Waals surface area contributed by atoms with E-state index in [0.29, 0.717) is 12.1 Å². The van der Waals surface area contributed by atoms with E-state index in [0.717, 1.165) is 24.2 Å². The maximum absolute atomic E-state index is 12.5. The van der Waals surface area contributed by atoms with Crippen molar-refractivity contribution < 1.29 is 9.59 Å². The van der Waals surface area contributed by atoms with Crippen molar-refractivity contribution in [2.45, 2.75) is 44.4 Å². The molecular formula is C23H29NO2S. The number of nitrogens with one attached hydrogen (secondary N) is 1. The first-order valence-corrected chi connectivity index (χ1v) is 10.6. The van der Waals surface area contributed by atoms with Crippen LogP contribution < -0.4 is 5.32 Å². The molecule has 3 nitrogen and oxygen atoms in total. The summed E-state index contributed by atoms with van der Waals surface area (Å²) in [4.78, 5) is 26.1. The fourth-order valence-electron chi connectivity index (χ4n) is 2.90. The number of Topliss-reactive ketones (excluding diaryl/α,β-unsaturated/α-hetero) is 1. The maximum Gasteiger partial charge on any atom is 0.226 e. The van der Waals surface area contributed by atoms with Gasteiger partial charge in [0, 0.05) is 23.4 Å². The summed E-state index contributed by atoms with van der Waals surface area (Å²) in [6.45, 7) is 4.31. The fourth-order valence-corrected chi connectivity index (χ4v) is 3.31. The second kappa shape index (κ2) is 10.3. The zero-order valence-electron chi connectivity index (χ0n) is 16.5. The van der Waals surface area contributed by atoms with Crippen LogP contribution in [0.2, 0.25) is 0 Å². The average Bonchev–Trinajstić information content (AvgIpc) is 2.68. The number of aryl methyl sites for hydroxylation is 1. The summed E-state index contributed by atoms with van der Waals surface area (Å²) in [5.74, 6) is -0.0526. The molecule has 0 saturated carbocycles. The first-order chi connectivity index (χ1) is 12.9. The van der Waals surface area contributed by atoms with Crippen LogP contribution in [0.5, 0.6) is 0 Å². The van der Waals surface area contributed by atoms with Gasteiger partial charge in [-0.15, -0.1) is 11.8 Å². The van der Waals surface area contributed by atoms with Gasteiger partial charge in [-0.3, -0.25) is 9.59 Å². The lowest BCUT2D eigenvalue weighted by atomic mass is 9.84. The summed E-state index contributed by atoms with van der Waals surface area (Å²) >= 11 is 1.64. The molecule has 0 aliphatic rings. The lowest BCUT2D eigenvalue weighted by Gasteiger charge is -2.23. The third-order valence-corrected chi connectivity index (χ3v) is 5.39. The minimum Gasteiger partial charge on any atom is -0.356 e. The molecule has 0 radical (unpaired) electrons. The Hall–Kier alpha value is -2.07. The standard InChI is InChI=1S/C23H29NO2S/c1-23(2,17-21(25)19-12-14-20(27-3)15-13-19)22(26)24-16-8-7-11-18-9-5-4-6-10-18/h4-6,9-10,12-15H,7-8,11,16-17H2,1-3H3,(H,24,26). The summed E-state index contributed by atoms with van der Waals surface area (Å²) in [6.07, 6.45) is 5.20. The van der Waals surface area contributed by atoms with E-state index >= 15 is 0 Å². The molecule has 2 aromatic carbocycles. The van der Waals surface area contributed by atoms with Crippen LogP contribution in [0.3, 0.4) is 0 Å². The SMILES string of the molecule is CSc1ccc(C(=O)CC(C)(C)C(=O)NCCCCc2ccccc2)cc1. The van der Waals surface area contributed by atoms with Crippen molar-refractivity contribution in [2.75, 3.05) is 12.8 Å². The Labute approximate surface area is 166 Å². The summed E-state index contributed by atoms with van der Waals surface area (Å²) in [6, 6.07) is 17.9. The van der Waals surface area contributed by atoms with E-state index in [1.54, 1.807) is 11.8 Å². The van der Waals surface area contributed by atoms with Crippen molar-refractivity contribution in [3.8, 4) is 0 Å². The van der Waals surface area contributed by atoms with E-state index < -0.39 is 5.41 Å². The smallest absolute Gasteiger partial charge is 0.226 e. The number of ketones is 1. The van der Waals surface area contributed by atoms with Gasteiger partial charge in [0.2, 0.25) is 5.91 Å². The molecule has 0 atom stereocenters. The van der Waals surface area contributed by atoms with Crippen LogP contribution in [0.1, 0.15) is 49.0 Å². The van der Waals surface area contributed by atoms with Crippen LogP contribution in [0.4, 0.5) is 0 Å². The number of thioether (sulfide) groups is 1. The van der Waals surface area contributed by atoms with Gasteiger partial charge in [-0.2, -0.15) is 0 Å². The van der Waals surface area contributed by atoms with E-state index in [4.69, 9.17) is 0 Å².